The van der Waals surface area contributed by atoms with Crippen molar-refractivity contribution in [2.75, 3.05) is 32.8 Å². The predicted octanol–water partition coefficient (Wildman–Crippen LogP) is 4.67. The zero-order valence-corrected chi connectivity index (χ0v) is 19.8. The fourth-order valence-electron chi connectivity index (χ4n) is 5.20. The number of phenolic OH excluding ortho intramolecular Hbond substituents is 1. The standard InChI is InChI=1S/C28H29ClN2O3/c29-26-15-25(32)12-11-22(26)18-30-14-13-21(16-30)17-31-20-28(34-19-27(31)33,23-7-3-1-4-8-23)24-9-5-2-6-10-24/h1-12,15,21,32H,13-14,16-20H2. The number of morpholine rings is 1. The number of rotatable bonds is 6. The fourth-order valence-corrected chi connectivity index (χ4v) is 5.43. The van der Waals surface area contributed by atoms with E-state index in [4.69, 9.17) is 16.3 Å². The molecule has 3 aromatic carbocycles. The van der Waals surface area contributed by atoms with Crippen molar-refractivity contribution < 1.29 is 14.6 Å². The van der Waals surface area contributed by atoms with E-state index in [9.17, 15) is 9.90 Å². The first-order valence-corrected chi connectivity index (χ1v) is 12.1. The number of hydrogen-bond donors (Lipinski definition) is 1. The minimum Gasteiger partial charge on any atom is -0.508 e. The molecule has 1 unspecified atom stereocenters. The van der Waals surface area contributed by atoms with Gasteiger partial charge in [-0.05, 0) is 47.7 Å². The lowest BCUT2D eigenvalue weighted by Crippen LogP contribution is -2.54. The lowest BCUT2D eigenvalue weighted by molar-refractivity contribution is -0.160. The van der Waals surface area contributed by atoms with Gasteiger partial charge in [-0.25, -0.2) is 0 Å². The van der Waals surface area contributed by atoms with Gasteiger partial charge in [-0.2, -0.15) is 0 Å². The molecular weight excluding hydrogens is 448 g/mol. The topological polar surface area (TPSA) is 53.0 Å². The van der Waals surface area contributed by atoms with E-state index in [0.29, 0.717) is 24.0 Å². The molecule has 3 aromatic rings. The van der Waals surface area contributed by atoms with E-state index in [0.717, 1.165) is 42.7 Å². The van der Waals surface area contributed by atoms with Crippen LogP contribution in [0.3, 0.4) is 0 Å². The van der Waals surface area contributed by atoms with Gasteiger partial charge in [0.15, 0.2) is 0 Å². The Hall–Kier alpha value is -2.86. The number of halogens is 1. The Labute approximate surface area is 205 Å². The van der Waals surface area contributed by atoms with E-state index in [1.807, 2.05) is 47.4 Å². The van der Waals surface area contributed by atoms with E-state index in [-0.39, 0.29) is 18.3 Å². The molecule has 176 valence electrons. The Morgan fingerprint density at radius 3 is 2.32 bits per heavy atom. The summed E-state index contributed by atoms with van der Waals surface area (Å²) in [6, 6.07) is 25.6. The summed E-state index contributed by atoms with van der Waals surface area (Å²) in [5.74, 6) is 0.615. The number of amides is 1. The fraction of sp³-hybridized carbons (Fsp3) is 0.321. The average Bonchev–Trinajstić information content (AvgIpc) is 3.30. The highest BCUT2D eigenvalue weighted by Gasteiger charge is 2.43. The summed E-state index contributed by atoms with van der Waals surface area (Å²) in [5.41, 5.74) is 2.46. The van der Waals surface area contributed by atoms with Gasteiger partial charge in [0.25, 0.3) is 0 Å². The van der Waals surface area contributed by atoms with Gasteiger partial charge in [0, 0.05) is 24.7 Å². The molecule has 0 saturated carbocycles. The van der Waals surface area contributed by atoms with Gasteiger partial charge in [0.2, 0.25) is 5.91 Å². The van der Waals surface area contributed by atoms with E-state index < -0.39 is 5.60 Å². The third-order valence-corrected chi connectivity index (χ3v) is 7.32. The number of carbonyl (C=O) groups is 1. The van der Waals surface area contributed by atoms with Gasteiger partial charge in [-0.15, -0.1) is 0 Å². The van der Waals surface area contributed by atoms with Crippen LogP contribution in [0.2, 0.25) is 5.02 Å². The van der Waals surface area contributed by atoms with Crippen molar-refractivity contribution in [3.63, 3.8) is 0 Å². The van der Waals surface area contributed by atoms with Gasteiger partial charge in [0.05, 0.1) is 6.54 Å². The number of aromatic hydroxyl groups is 1. The number of phenols is 1. The number of ether oxygens (including phenoxy) is 1. The number of hydrogen-bond acceptors (Lipinski definition) is 4. The molecule has 2 aliphatic heterocycles. The minimum atomic E-state index is -0.672. The Morgan fingerprint density at radius 2 is 1.68 bits per heavy atom. The van der Waals surface area contributed by atoms with Gasteiger partial charge >= 0.3 is 0 Å². The number of benzene rings is 3. The molecule has 0 bridgehead atoms. The molecule has 2 saturated heterocycles. The van der Waals surface area contributed by atoms with Crippen LogP contribution < -0.4 is 0 Å². The zero-order chi connectivity index (χ0) is 23.5. The normalized spacial score (nSPS) is 20.6. The molecule has 0 aromatic heterocycles. The van der Waals surface area contributed by atoms with Crippen molar-refractivity contribution >= 4 is 17.5 Å². The van der Waals surface area contributed by atoms with Crippen molar-refractivity contribution in [2.45, 2.75) is 18.6 Å². The maximum absolute atomic E-state index is 12.9. The summed E-state index contributed by atoms with van der Waals surface area (Å²) in [6.07, 6.45) is 1.03. The molecule has 5 nitrogen and oxygen atoms in total. The lowest BCUT2D eigenvalue weighted by Gasteiger charge is -2.44. The van der Waals surface area contributed by atoms with Crippen LogP contribution >= 0.6 is 11.6 Å². The van der Waals surface area contributed by atoms with Crippen LogP contribution in [0.25, 0.3) is 0 Å². The molecule has 0 aliphatic carbocycles. The largest absolute Gasteiger partial charge is 0.508 e. The molecule has 2 heterocycles. The second kappa shape index (κ2) is 9.79. The average molecular weight is 477 g/mol. The molecule has 34 heavy (non-hydrogen) atoms. The van der Waals surface area contributed by atoms with E-state index in [1.165, 1.54) is 0 Å². The van der Waals surface area contributed by atoms with Crippen LogP contribution in [0.5, 0.6) is 5.75 Å². The first kappa shape index (κ1) is 22.9. The van der Waals surface area contributed by atoms with Crippen LogP contribution in [0.15, 0.2) is 78.9 Å². The lowest BCUT2D eigenvalue weighted by atomic mass is 9.84. The summed E-state index contributed by atoms with van der Waals surface area (Å²) >= 11 is 6.31. The molecule has 1 amide bonds. The SMILES string of the molecule is O=C1COC(c2ccccc2)(c2ccccc2)CN1CC1CCN(Cc2ccc(O)cc2Cl)C1. The van der Waals surface area contributed by atoms with Crippen molar-refractivity contribution in [3.8, 4) is 5.75 Å². The van der Waals surface area contributed by atoms with Crippen LogP contribution in [0.4, 0.5) is 0 Å². The van der Waals surface area contributed by atoms with Crippen molar-refractivity contribution in [1.82, 2.24) is 9.80 Å². The summed E-state index contributed by atoms with van der Waals surface area (Å²) in [4.78, 5) is 17.3. The van der Waals surface area contributed by atoms with Crippen molar-refractivity contribution in [2.24, 2.45) is 5.92 Å². The Kier molecular flexibility index (Phi) is 6.59. The molecule has 2 aliphatic rings. The zero-order valence-electron chi connectivity index (χ0n) is 19.1. The second-order valence-corrected chi connectivity index (χ2v) is 9.69. The maximum Gasteiger partial charge on any atom is 0.248 e. The van der Waals surface area contributed by atoms with Crippen LogP contribution in [0, 0.1) is 5.92 Å². The molecule has 2 fully saturated rings. The number of nitrogens with zero attached hydrogens (tertiary/aromatic N) is 2. The van der Waals surface area contributed by atoms with Gasteiger partial charge in [-0.1, -0.05) is 78.3 Å². The highest BCUT2D eigenvalue weighted by molar-refractivity contribution is 6.31. The molecule has 0 spiro atoms. The monoisotopic (exact) mass is 476 g/mol. The van der Waals surface area contributed by atoms with E-state index in [2.05, 4.69) is 29.2 Å². The molecule has 6 heteroatoms. The van der Waals surface area contributed by atoms with Crippen molar-refractivity contribution in [3.05, 3.63) is 101 Å². The first-order chi connectivity index (χ1) is 16.5. The number of carbonyl (C=O) groups excluding carboxylic acids is 1. The summed E-state index contributed by atoms with van der Waals surface area (Å²) in [5, 5.41) is 10.2. The minimum absolute atomic E-state index is 0.0440. The maximum atomic E-state index is 12.9. The van der Waals surface area contributed by atoms with Gasteiger partial charge in [0.1, 0.15) is 18.0 Å². The Balaban J connectivity index is 1.31. The summed E-state index contributed by atoms with van der Waals surface area (Å²) < 4.78 is 6.33. The summed E-state index contributed by atoms with van der Waals surface area (Å²) in [6.45, 7) is 3.89. The van der Waals surface area contributed by atoms with Crippen LogP contribution in [0.1, 0.15) is 23.1 Å². The number of likely N-dealkylation sites (tertiary alicyclic amines) is 1. The van der Waals surface area contributed by atoms with Crippen LogP contribution in [-0.2, 0) is 21.7 Å². The molecule has 5 rings (SSSR count). The molecular formula is C28H29ClN2O3. The predicted molar refractivity (Wildman–Crippen MR) is 133 cm³/mol. The summed E-state index contributed by atoms with van der Waals surface area (Å²) in [7, 11) is 0. The molecule has 0 radical (unpaired) electrons. The third kappa shape index (κ3) is 4.69. The highest BCUT2D eigenvalue weighted by atomic mass is 35.5. The highest BCUT2D eigenvalue weighted by Crippen LogP contribution is 2.38. The third-order valence-electron chi connectivity index (χ3n) is 6.97. The van der Waals surface area contributed by atoms with Crippen molar-refractivity contribution in [1.29, 1.82) is 0 Å². The quantitative estimate of drug-likeness (QED) is 0.561. The van der Waals surface area contributed by atoms with E-state index >= 15 is 0 Å². The molecule has 1 atom stereocenters. The molecule has 1 N–H and O–H groups in total. The van der Waals surface area contributed by atoms with E-state index in [1.54, 1.807) is 12.1 Å². The smallest absolute Gasteiger partial charge is 0.248 e. The second-order valence-electron chi connectivity index (χ2n) is 9.29. The van der Waals surface area contributed by atoms with Gasteiger partial charge < -0.3 is 14.7 Å². The Morgan fingerprint density at radius 1 is 1.00 bits per heavy atom. The van der Waals surface area contributed by atoms with Crippen LogP contribution in [-0.4, -0.2) is 53.6 Å². The first-order valence-electron chi connectivity index (χ1n) is 11.8. The Bertz CT molecular complexity index is 1100. The van der Waals surface area contributed by atoms with Gasteiger partial charge in [-0.3, -0.25) is 9.69 Å².